The summed E-state index contributed by atoms with van der Waals surface area (Å²) in [5.41, 5.74) is 13.5. The van der Waals surface area contributed by atoms with Crippen LogP contribution in [-0.2, 0) is 0 Å². The molecule has 0 spiro atoms. The first-order valence-electron chi connectivity index (χ1n) is 10.1. The van der Waals surface area contributed by atoms with E-state index in [0.717, 1.165) is 56.1 Å². The summed E-state index contributed by atoms with van der Waals surface area (Å²) in [5.74, 6) is 0. The molecule has 0 amide bonds. The van der Waals surface area contributed by atoms with Gasteiger partial charge in [0.25, 0.3) is 0 Å². The molecule has 150 valence electrons. The van der Waals surface area contributed by atoms with E-state index in [0.29, 0.717) is 6.04 Å². The molecular formula is C22H32N6. The summed E-state index contributed by atoms with van der Waals surface area (Å²) in [4.78, 5) is 7.10. The molecule has 0 unspecified atom stereocenters. The van der Waals surface area contributed by atoms with E-state index < -0.39 is 0 Å². The molecule has 6 nitrogen and oxygen atoms in total. The number of aliphatic imine (C=N–C) groups is 1. The maximum atomic E-state index is 5.94. The molecule has 0 radical (unpaired) electrons. The zero-order valence-electron chi connectivity index (χ0n) is 16.9. The predicted molar refractivity (Wildman–Crippen MR) is 121 cm³/mol. The van der Waals surface area contributed by atoms with E-state index in [1.54, 1.807) is 0 Å². The SMILES string of the molecule is CCNN(C/C=N\c1ccccc1NC)C1CCN(c2cccc(N)c2)CC1. The molecule has 6 heteroatoms. The number of nitrogens with one attached hydrogen (secondary N) is 2. The smallest absolute Gasteiger partial charge is 0.0857 e. The number of para-hydroxylation sites is 2. The van der Waals surface area contributed by atoms with Gasteiger partial charge in [-0.25, -0.2) is 5.01 Å². The Morgan fingerprint density at radius 3 is 2.68 bits per heavy atom. The Kier molecular flexibility index (Phi) is 7.28. The van der Waals surface area contributed by atoms with Gasteiger partial charge in [-0.3, -0.25) is 10.4 Å². The first-order valence-corrected chi connectivity index (χ1v) is 10.1. The van der Waals surface area contributed by atoms with Crippen LogP contribution in [0.2, 0.25) is 0 Å². The van der Waals surface area contributed by atoms with E-state index in [-0.39, 0.29) is 0 Å². The third-order valence-electron chi connectivity index (χ3n) is 5.18. The Bertz CT molecular complexity index is 767. The number of rotatable bonds is 8. The Labute approximate surface area is 168 Å². The van der Waals surface area contributed by atoms with Crippen LogP contribution in [0.4, 0.5) is 22.7 Å². The summed E-state index contributed by atoms with van der Waals surface area (Å²) in [6.45, 7) is 5.92. The molecule has 1 aliphatic rings. The minimum atomic E-state index is 0.503. The van der Waals surface area contributed by atoms with Crippen molar-refractivity contribution in [3.05, 3.63) is 48.5 Å². The first kappa shape index (κ1) is 20.2. The van der Waals surface area contributed by atoms with Crippen molar-refractivity contribution in [3.63, 3.8) is 0 Å². The summed E-state index contributed by atoms with van der Waals surface area (Å²) in [6.07, 6.45) is 4.23. The van der Waals surface area contributed by atoms with Crippen LogP contribution >= 0.6 is 0 Å². The number of nitrogen functional groups attached to an aromatic ring is 1. The van der Waals surface area contributed by atoms with Gasteiger partial charge in [0.1, 0.15) is 0 Å². The molecule has 1 fully saturated rings. The monoisotopic (exact) mass is 380 g/mol. The number of nitrogens with zero attached hydrogens (tertiary/aromatic N) is 3. The highest BCUT2D eigenvalue weighted by Gasteiger charge is 2.24. The van der Waals surface area contributed by atoms with Gasteiger partial charge in [-0.05, 0) is 43.2 Å². The van der Waals surface area contributed by atoms with Gasteiger partial charge in [-0.15, -0.1) is 0 Å². The van der Waals surface area contributed by atoms with Crippen molar-refractivity contribution < 1.29 is 0 Å². The largest absolute Gasteiger partial charge is 0.399 e. The van der Waals surface area contributed by atoms with E-state index in [1.807, 2.05) is 49.7 Å². The Morgan fingerprint density at radius 1 is 1.18 bits per heavy atom. The van der Waals surface area contributed by atoms with Crippen molar-refractivity contribution in [1.29, 1.82) is 0 Å². The van der Waals surface area contributed by atoms with Crippen LogP contribution in [-0.4, -0.2) is 50.5 Å². The molecule has 0 aliphatic carbocycles. The summed E-state index contributed by atoms with van der Waals surface area (Å²) in [6, 6.07) is 16.8. The van der Waals surface area contributed by atoms with Crippen molar-refractivity contribution >= 4 is 29.0 Å². The third kappa shape index (κ3) is 5.24. The lowest BCUT2D eigenvalue weighted by Crippen LogP contribution is -2.51. The van der Waals surface area contributed by atoms with E-state index in [9.17, 15) is 0 Å². The third-order valence-corrected chi connectivity index (χ3v) is 5.18. The number of piperidine rings is 1. The van der Waals surface area contributed by atoms with Crippen LogP contribution in [0.25, 0.3) is 0 Å². The highest BCUT2D eigenvalue weighted by atomic mass is 15.5. The average molecular weight is 381 g/mol. The molecule has 0 saturated carbocycles. The van der Waals surface area contributed by atoms with Crippen molar-refractivity contribution in [1.82, 2.24) is 10.4 Å². The van der Waals surface area contributed by atoms with Crippen molar-refractivity contribution in [2.45, 2.75) is 25.8 Å². The second-order valence-corrected chi connectivity index (χ2v) is 7.06. The molecule has 2 aromatic carbocycles. The molecule has 3 rings (SSSR count). The summed E-state index contributed by atoms with van der Waals surface area (Å²) < 4.78 is 0. The Balaban J connectivity index is 1.58. The van der Waals surface area contributed by atoms with Crippen LogP contribution in [0.5, 0.6) is 0 Å². The fourth-order valence-corrected chi connectivity index (χ4v) is 3.73. The van der Waals surface area contributed by atoms with Gasteiger partial charge < -0.3 is 16.0 Å². The normalized spacial score (nSPS) is 15.5. The van der Waals surface area contributed by atoms with Crippen molar-refractivity contribution in [2.75, 3.05) is 49.2 Å². The van der Waals surface area contributed by atoms with Crippen LogP contribution in [0.15, 0.2) is 53.5 Å². The number of hydrazine groups is 1. The highest BCUT2D eigenvalue weighted by molar-refractivity contribution is 5.73. The van der Waals surface area contributed by atoms with Gasteiger partial charge in [-0.1, -0.05) is 25.1 Å². The Hall–Kier alpha value is -2.57. The van der Waals surface area contributed by atoms with Crippen LogP contribution in [0, 0.1) is 0 Å². The number of hydrogen-bond acceptors (Lipinski definition) is 6. The molecule has 1 heterocycles. The molecule has 1 saturated heterocycles. The molecule has 0 bridgehead atoms. The van der Waals surface area contributed by atoms with Gasteiger partial charge in [0.15, 0.2) is 0 Å². The quantitative estimate of drug-likeness (QED) is 0.371. The lowest BCUT2D eigenvalue weighted by atomic mass is 10.0. The van der Waals surface area contributed by atoms with Gasteiger partial charge in [0.05, 0.1) is 11.4 Å². The molecule has 2 aromatic rings. The number of hydrogen-bond donors (Lipinski definition) is 3. The summed E-state index contributed by atoms with van der Waals surface area (Å²) in [5, 5.41) is 5.52. The van der Waals surface area contributed by atoms with Gasteiger partial charge in [-0.2, -0.15) is 0 Å². The average Bonchev–Trinajstić information content (AvgIpc) is 2.73. The van der Waals surface area contributed by atoms with E-state index >= 15 is 0 Å². The lowest BCUT2D eigenvalue weighted by Gasteiger charge is -2.39. The maximum absolute atomic E-state index is 5.94. The van der Waals surface area contributed by atoms with Crippen LogP contribution in [0.3, 0.4) is 0 Å². The molecule has 0 atom stereocenters. The lowest BCUT2D eigenvalue weighted by molar-refractivity contribution is 0.130. The zero-order valence-corrected chi connectivity index (χ0v) is 16.9. The predicted octanol–water partition coefficient (Wildman–Crippen LogP) is 3.51. The molecule has 0 aromatic heterocycles. The summed E-state index contributed by atoms with van der Waals surface area (Å²) >= 11 is 0. The number of benzene rings is 2. The standard InChI is InChI=1S/C22H32N6/c1-3-26-28(16-13-25-22-10-5-4-9-21(22)24-2)19-11-14-27(15-12-19)20-8-6-7-18(23)17-20/h4-10,13,17,19,24,26H,3,11-12,14-16,23H2,1-2H3/b25-13-. The van der Waals surface area contributed by atoms with E-state index in [4.69, 9.17) is 5.73 Å². The molecule has 4 N–H and O–H groups in total. The second kappa shape index (κ2) is 10.1. The van der Waals surface area contributed by atoms with Gasteiger partial charge in [0, 0.05) is 56.9 Å². The minimum absolute atomic E-state index is 0.503. The van der Waals surface area contributed by atoms with E-state index in [2.05, 4.69) is 44.7 Å². The molecular weight excluding hydrogens is 348 g/mol. The highest BCUT2D eigenvalue weighted by Crippen LogP contribution is 2.24. The summed E-state index contributed by atoms with van der Waals surface area (Å²) in [7, 11) is 1.92. The minimum Gasteiger partial charge on any atom is -0.399 e. The molecule has 1 aliphatic heterocycles. The van der Waals surface area contributed by atoms with E-state index in [1.165, 1.54) is 5.69 Å². The van der Waals surface area contributed by atoms with Gasteiger partial charge >= 0.3 is 0 Å². The van der Waals surface area contributed by atoms with Crippen molar-refractivity contribution in [3.8, 4) is 0 Å². The van der Waals surface area contributed by atoms with Crippen LogP contribution in [0.1, 0.15) is 19.8 Å². The first-order chi connectivity index (χ1) is 13.7. The second-order valence-electron chi connectivity index (χ2n) is 7.06. The maximum Gasteiger partial charge on any atom is 0.0857 e. The number of anilines is 3. The van der Waals surface area contributed by atoms with Gasteiger partial charge in [0.2, 0.25) is 0 Å². The van der Waals surface area contributed by atoms with Crippen LogP contribution < -0.4 is 21.4 Å². The van der Waals surface area contributed by atoms with Crippen molar-refractivity contribution in [2.24, 2.45) is 4.99 Å². The fraction of sp³-hybridized carbons (Fsp3) is 0.409. The topological polar surface area (TPSA) is 68.9 Å². The Morgan fingerprint density at radius 2 is 1.96 bits per heavy atom. The number of nitrogens with two attached hydrogens (primary N) is 1. The fourth-order valence-electron chi connectivity index (χ4n) is 3.73. The zero-order chi connectivity index (χ0) is 19.8. The molecule has 28 heavy (non-hydrogen) atoms.